The zero-order valence-electron chi connectivity index (χ0n) is 13.9. The fraction of sp³-hybridized carbons (Fsp3) is 0.579. The van der Waals surface area contributed by atoms with Crippen LogP contribution >= 0.6 is 0 Å². The third-order valence-corrected chi connectivity index (χ3v) is 4.80. The topological polar surface area (TPSA) is 12.0 Å². The van der Waals surface area contributed by atoms with Gasteiger partial charge in [-0.25, -0.2) is 0 Å². The third kappa shape index (κ3) is 4.95. The van der Waals surface area contributed by atoms with E-state index in [1.807, 2.05) is 0 Å². The highest BCUT2D eigenvalue weighted by molar-refractivity contribution is 6.08. The summed E-state index contributed by atoms with van der Waals surface area (Å²) >= 11 is 0. The molecule has 2 rings (SSSR count). The first kappa shape index (κ1) is 16.2. The molecule has 0 spiro atoms. The Hall–Kier alpha value is -1.18. The van der Waals surface area contributed by atoms with E-state index >= 15 is 0 Å². The molecule has 1 aromatic rings. The lowest BCUT2D eigenvalue weighted by Crippen LogP contribution is -2.18. The Morgan fingerprint density at radius 2 is 2.05 bits per heavy atom. The molecular weight excluding hydrogens is 253 g/mol. The van der Waals surface area contributed by atoms with Crippen molar-refractivity contribution < 1.29 is 0 Å². The minimum atomic E-state index is 0.866. The van der Waals surface area contributed by atoms with E-state index in [1.165, 1.54) is 67.2 Å². The Morgan fingerprint density at radius 3 is 2.76 bits per heavy atom. The summed E-state index contributed by atoms with van der Waals surface area (Å²) in [7, 11) is 2.25. The molecule has 0 heterocycles. The Balaban J connectivity index is 1.88. The Morgan fingerprint density at radius 1 is 1.29 bits per heavy atom. The molecule has 0 saturated heterocycles. The lowest BCUT2D eigenvalue weighted by molar-refractivity contribution is 0.351. The van der Waals surface area contributed by atoms with Crippen LogP contribution in [-0.2, 0) is 13.0 Å². The van der Waals surface area contributed by atoms with Crippen LogP contribution in [0.25, 0.3) is 0 Å². The maximum Gasteiger partial charge on any atom is 0.101 e. The average Bonchev–Trinajstić information content (AvgIpc) is 2.48. The molecule has 0 unspecified atom stereocenters. The standard InChI is InChI=1S/C19H30BN/c1-15-7-6-10-18(11-12-20)19(15)14-21-16(2)13-17-8-4-3-5-9-17/h6-7,10,17,21H,2-5,8-9,11-14,20H2,1H3. The first-order valence-corrected chi connectivity index (χ1v) is 8.69. The van der Waals surface area contributed by atoms with Crippen LogP contribution in [0.4, 0.5) is 0 Å². The van der Waals surface area contributed by atoms with Gasteiger partial charge in [0.15, 0.2) is 0 Å². The summed E-state index contributed by atoms with van der Waals surface area (Å²) in [5, 5.41) is 3.59. The minimum absolute atomic E-state index is 0.866. The van der Waals surface area contributed by atoms with Gasteiger partial charge in [-0.3, -0.25) is 0 Å². The molecule has 1 aliphatic carbocycles. The highest BCUT2D eigenvalue weighted by Gasteiger charge is 2.14. The van der Waals surface area contributed by atoms with Crippen molar-refractivity contribution in [2.75, 3.05) is 0 Å². The van der Waals surface area contributed by atoms with Crippen molar-refractivity contribution >= 4 is 7.85 Å². The molecular formula is C19H30BN. The van der Waals surface area contributed by atoms with Crippen molar-refractivity contribution in [3.8, 4) is 0 Å². The van der Waals surface area contributed by atoms with Gasteiger partial charge < -0.3 is 5.32 Å². The first-order valence-electron chi connectivity index (χ1n) is 8.69. The Kier molecular flexibility index (Phi) is 6.41. The van der Waals surface area contributed by atoms with E-state index in [0.717, 1.165) is 18.9 Å². The van der Waals surface area contributed by atoms with Crippen molar-refractivity contribution in [1.29, 1.82) is 0 Å². The lowest BCUT2D eigenvalue weighted by Gasteiger charge is -2.23. The highest BCUT2D eigenvalue weighted by atomic mass is 14.9. The van der Waals surface area contributed by atoms with Gasteiger partial charge in [0.1, 0.15) is 7.85 Å². The van der Waals surface area contributed by atoms with Gasteiger partial charge in [0.2, 0.25) is 0 Å². The van der Waals surface area contributed by atoms with E-state index in [1.54, 1.807) is 0 Å². The van der Waals surface area contributed by atoms with Crippen molar-refractivity contribution in [1.82, 2.24) is 5.32 Å². The molecule has 0 aromatic heterocycles. The van der Waals surface area contributed by atoms with E-state index in [9.17, 15) is 0 Å². The summed E-state index contributed by atoms with van der Waals surface area (Å²) in [5.41, 5.74) is 5.60. The first-order chi connectivity index (χ1) is 10.2. The average molecular weight is 283 g/mol. The van der Waals surface area contributed by atoms with E-state index in [4.69, 9.17) is 0 Å². The van der Waals surface area contributed by atoms with E-state index in [0.29, 0.717) is 0 Å². The minimum Gasteiger partial charge on any atom is -0.385 e. The van der Waals surface area contributed by atoms with E-state index in [-0.39, 0.29) is 0 Å². The van der Waals surface area contributed by atoms with E-state index in [2.05, 4.69) is 44.9 Å². The quantitative estimate of drug-likeness (QED) is 0.741. The molecule has 1 aliphatic rings. The molecule has 21 heavy (non-hydrogen) atoms. The molecule has 1 nitrogen and oxygen atoms in total. The fourth-order valence-corrected chi connectivity index (χ4v) is 3.54. The maximum absolute atomic E-state index is 4.26. The molecule has 0 atom stereocenters. The Labute approximate surface area is 131 Å². The molecule has 0 bridgehead atoms. The SMILES string of the molecule is BCCc1cccc(C)c1CNC(=C)CC1CCCCC1. The number of allylic oxidation sites excluding steroid dienone is 1. The summed E-state index contributed by atoms with van der Waals surface area (Å²) < 4.78 is 0. The molecule has 114 valence electrons. The summed E-state index contributed by atoms with van der Waals surface area (Å²) in [6.07, 6.45) is 10.6. The van der Waals surface area contributed by atoms with Crippen LogP contribution in [0.3, 0.4) is 0 Å². The molecule has 0 aliphatic heterocycles. The number of benzene rings is 1. The summed E-state index contributed by atoms with van der Waals surface area (Å²) in [4.78, 5) is 0. The van der Waals surface area contributed by atoms with Crippen molar-refractivity contribution in [3.63, 3.8) is 0 Å². The third-order valence-electron chi connectivity index (χ3n) is 4.80. The van der Waals surface area contributed by atoms with Crippen LogP contribution in [0, 0.1) is 12.8 Å². The number of hydrogen-bond donors (Lipinski definition) is 1. The number of rotatable bonds is 7. The van der Waals surface area contributed by atoms with Crippen LogP contribution in [-0.4, -0.2) is 7.85 Å². The molecule has 1 saturated carbocycles. The number of hydrogen-bond acceptors (Lipinski definition) is 1. The van der Waals surface area contributed by atoms with Gasteiger partial charge in [-0.2, -0.15) is 0 Å². The van der Waals surface area contributed by atoms with Crippen molar-refractivity contribution in [3.05, 3.63) is 47.2 Å². The highest BCUT2D eigenvalue weighted by Crippen LogP contribution is 2.28. The summed E-state index contributed by atoms with van der Waals surface area (Å²) in [5.74, 6) is 0.866. The van der Waals surface area contributed by atoms with Crippen molar-refractivity contribution in [2.24, 2.45) is 5.92 Å². The zero-order chi connectivity index (χ0) is 15.1. The van der Waals surface area contributed by atoms with Gasteiger partial charge in [0, 0.05) is 12.2 Å². The smallest absolute Gasteiger partial charge is 0.101 e. The predicted molar refractivity (Wildman–Crippen MR) is 95.4 cm³/mol. The molecule has 0 amide bonds. The molecule has 0 radical (unpaired) electrons. The van der Waals surface area contributed by atoms with Gasteiger partial charge in [-0.05, 0) is 42.4 Å². The summed E-state index contributed by atoms with van der Waals surface area (Å²) in [6.45, 7) is 7.42. The van der Waals surface area contributed by atoms with Crippen LogP contribution in [0.2, 0.25) is 6.32 Å². The van der Waals surface area contributed by atoms with Crippen LogP contribution in [0.5, 0.6) is 0 Å². The van der Waals surface area contributed by atoms with Gasteiger partial charge in [-0.15, -0.1) is 0 Å². The largest absolute Gasteiger partial charge is 0.385 e. The normalized spacial score (nSPS) is 15.9. The number of aryl methyl sites for hydroxylation is 2. The van der Waals surface area contributed by atoms with Crippen LogP contribution in [0.1, 0.15) is 55.2 Å². The maximum atomic E-state index is 4.26. The van der Waals surface area contributed by atoms with Gasteiger partial charge in [0.05, 0.1) is 0 Å². The molecule has 1 N–H and O–H groups in total. The van der Waals surface area contributed by atoms with Gasteiger partial charge >= 0.3 is 0 Å². The van der Waals surface area contributed by atoms with E-state index < -0.39 is 0 Å². The van der Waals surface area contributed by atoms with Gasteiger partial charge in [-0.1, -0.05) is 63.2 Å². The molecule has 2 heteroatoms. The second-order valence-electron chi connectivity index (χ2n) is 6.63. The lowest BCUT2D eigenvalue weighted by atomic mass is 9.86. The molecule has 1 aromatic carbocycles. The zero-order valence-corrected chi connectivity index (χ0v) is 13.9. The predicted octanol–water partition coefficient (Wildman–Crippen LogP) is 4.16. The fourth-order valence-electron chi connectivity index (χ4n) is 3.54. The van der Waals surface area contributed by atoms with Crippen LogP contribution in [0.15, 0.2) is 30.5 Å². The number of nitrogens with one attached hydrogen (secondary N) is 1. The second-order valence-corrected chi connectivity index (χ2v) is 6.63. The second kappa shape index (κ2) is 8.31. The Bertz CT molecular complexity index is 461. The van der Waals surface area contributed by atoms with Crippen molar-refractivity contribution in [2.45, 2.75) is 64.7 Å². The monoisotopic (exact) mass is 283 g/mol. The summed E-state index contributed by atoms with van der Waals surface area (Å²) in [6, 6.07) is 6.68. The van der Waals surface area contributed by atoms with Gasteiger partial charge in [0.25, 0.3) is 0 Å². The molecule has 1 fully saturated rings. The van der Waals surface area contributed by atoms with Crippen LogP contribution < -0.4 is 5.32 Å².